The van der Waals surface area contributed by atoms with Crippen LogP contribution < -0.4 is 5.32 Å². The van der Waals surface area contributed by atoms with Crippen LogP contribution in [0.15, 0.2) is 109 Å². The summed E-state index contributed by atoms with van der Waals surface area (Å²) in [5.74, 6) is 0. The molecule has 178 valence electrons. The van der Waals surface area contributed by atoms with Crippen LogP contribution >= 0.6 is 0 Å². The van der Waals surface area contributed by atoms with E-state index in [1.165, 1.54) is 12.1 Å². The molecule has 5 aromatic rings. The summed E-state index contributed by atoms with van der Waals surface area (Å²) >= 11 is 0. The van der Waals surface area contributed by atoms with Gasteiger partial charge in [0, 0.05) is 23.9 Å². The van der Waals surface area contributed by atoms with Crippen molar-refractivity contribution in [2.24, 2.45) is 0 Å². The number of aromatic nitrogens is 2. The minimum atomic E-state index is -0.693. The summed E-state index contributed by atoms with van der Waals surface area (Å²) in [6, 6.07) is 30.1. The van der Waals surface area contributed by atoms with Crippen molar-refractivity contribution in [1.29, 1.82) is 0 Å². The highest BCUT2D eigenvalue weighted by Gasteiger charge is 2.27. The van der Waals surface area contributed by atoms with Gasteiger partial charge in [0.05, 0.1) is 16.3 Å². The lowest BCUT2D eigenvalue weighted by atomic mass is 9.99. The number of nitrogens with one attached hydrogen (secondary N) is 1. The Bertz CT molecular complexity index is 1500. The maximum Gasteiger partial charge on any atom is 0.408 e. The molecule has 2 heterocycles. The average Bonchev–Trinajstić information content (AvgIpc) is 3.31. The fourth-order valence-electron chi connectivity index (χ4n) is 4.08. The SMILES string of the molecule is O=C(NC(c1ccc([N+](=O)[O-])cc1)c1c(-c2ccccc2)nc2ccccn12)OCc1ccccc1. The number of nitro groups is 1. The number of rotatable bonds is 7. The lowest BCUT2D eigenvalue weighted by Gasteiger charge is -2.21. The summed E-state index contributed by atoms with van der Waals surface area (Å²) < 4.78 is 7.42. The van der Waals surface area contributed by atoms with E-state index in [0.717, 1.165) is 11.1 Å². The highest BCUT2D eigenvalue weighted by Crippen LogP contribution is 2.33. The van der Waals surface area contributed by atoms with Gasteiger partial charge in [-0.3, -0.25) is 10.1 Å². The van der Waals surface area contributed by atoms with E-state index in [4.69, 9.17) is 9.72 Å². The Balaban J connectivity index is 1.58. The van der Waals surface area contributed by atoms with Gasteiger partial charge in [0.15, 0.2) is 0 Å². The molecule has 3 aromatic carbocycles. The first-order chi connectivity index (χ1) is 17.6. The van der Waals surface area contributed by atoms with Crippen LogP contribution in [-0.2, 0) is 11.3 Å². The van der Waals surface area contributed by atoms with Crippen molar-refractivity contribution in [3.8, 4) is 11.3 Å². The summed E-state index contributed by atoms with van der Waals surface area (Å²) in [6.45, 7) is 0.109. The Hall–Kier alpha value is -4.98. The number of carbonyl (C=O) groups is 1. The molecule has 1 unspecified atom stereocenters. The highest BCUT2D eigenvalue weighted by atomic mass is 16.6. The average molecular weight is 479 g/mol. The van der Waals surface area contributed by atoms with Crippen molar-refractivity contribution in [3.05, 3.63) is 136 Å². The van der Waals surface area contributed by atoms with Crippen LogP contribution in [0.3, 0.4) is 0 Å². The number of hydrogen-bond donors (Lipinski definition) is 1. The van der Waals surface area contributed by atoms with Gasteiger partial charge in [-0.15, -0.1) is 0 Å². The second-order valence-electron chi connectivity index (χ2n) is 8.13. The third kappa shape index (κ3) is 4.78. The molecule has 8 nitrogen and oxygen atoms in total. The molecule has 0 radical (unpaired) electrons. The van der Waals surface area contributed by atoms with Crippen LogP contribution in [0, 0.1) is 10.1 Å². The van der Waals surface area contributed by atoms with E-state index in [2.05, 4.69) is 5.32 Å². The summed E-state index contributed by atoms with van der Waals surface area (Å²) in [5, 5.41) is 14.2. The van der Waals surface area contributed by atoms with Crippen molar-refractivity contribution < 1.29 is 14.5 Å². The molecule has 0 spiro atoms. The number of benzene rings is 3. The maximum absolute atomic E-state index is 13.0. The topological polar surface area (TPSA) is 98.8 Å². The van der Waals surface area contributed by atoms with Crippen LogP contribution in [-0.4, -0.2) is 20.4 Å². The van der Waals surface area contributed by atoms with Gasteiger partial charge in [-0.2, -0.15) is 0 Å². The van der Waals surface area contributed by atoms with Gasteiger partial charge in [0.1, 0.15) is 18.3 Å². The number of alkyl carbamates (subject to hydrolysis) is 1. The number of nitrogens with zero attached hydrogens (tertiary/aromatic N) is 3. The molecule has 8 heteroatoms. The fraction of sp³-hybridized carbons (Fsp3) is 0.0714. The summed E-state index contributed by atoms with van der Waals surface area (Å²) in [5.41, 5.74) is 4.46. The van der Waals surface area contributed by atoms with Gasteiger partial charge >= 0.3 is 6.09 Å². The first kappa shape index (κ1) is 22.8. The van der Waals surface area contributed by atoms with E-state index >= 15 is 0 Å². The monoisotopic (exact) mass is 478 g/mol. The molecule has 1 amide bonds. The van der Waals surface area contributed by atoms with Crippen molar-refractivity contribution in [2.45, 2.75) is 12.6 Å². The molecule has 0 aliphatic heterocycles. The lowest BCUT2D eigenvalue weighted by molar-refractivity contribution is -0.384. The third-order valence-corrected chi connectivity index (χ3v) is 5.80. The largest absolute Gasteiger partial charge is 0.445 e. The molecule has 0 saturated heterocycles. The van der Waals surface area contributed by atoms with Crippen LogP contribution in [0.4, 0.5) is 10.5 Å². The van der Waals surface area contributed by atoms with Gasteiger partial charge < -0.3 is 14.5 Å². The zero-order valence-corrected chi connectivity index (χ0v) is 19.2. The zero-order valence-electron chi connectivity index (χ0n) is 19.2. The number of non-ortho nitro benzene ring substituents is 1. The molecule has 0 bridgehead atoms. The van der Waals surface area contributed by atoms with Crippen LogP contribution in [0.25, 0.3) is 16.9 Å². The Morgan fingerprint density at radius 3 is 2.28 bits per heavy atom. The molecular formula is C28H22N4O4. The Labute approximate surface area is 207 Å². The van der Waals surface area contributed by atoms with Crippen LogP contribution in [0.5, 0.6) is 0 Å². The number of pyridine rings is 1. The molecule has 0 fully saturated rings. The molecule has 0 saturated carbocycles. The van der Waals surface area contributed by atoms with Gasteiger partial charge in [0.25, 0.3) is 5.69 Å². The second-order valence-corrected chi connectivity index (χ2v) is 8.13. The van der Waals surface area contributed by atoms with E-state index in [-0.39, 0.29) is 12.3 Å². The predicted octanol–water partition coefficient (Wildman–Crippen LogP) is 5.93. The molecule has 1 N–H and O–H groups in total. The van der Waals surface area contributed by atoms with Crippen LogP contribution in [0.2, 0.25) is 0 Å². The van der Waals surface area contributed by atoms with E-state index in [1.54, 1.807) is 12.1 Å². The molecule has 36 heavy (non-hydrogen) atoms. The molecule has 2 aromatic heterocycles. The number of ether oxygens (including phenoxy) is 1. The van der Waals surface area contributed by atoms with Gasteiger partial charge in [-0.05, 0) is 35.4 Å². The second kappa shape index (κ2) is 10.1. The Kier molecular flexibility index (Phi) is 6.40. The van der Waals surface area contributed by atoms with E-state index in [9.17, 15) is 14.9 Å². The van der Waals surface area contributed by atoms with Crippen molar-refractivity contribution in [1.82, 2.24) is 14.7 Å². The van der Waals surface area contributed by atoms with Gasteiger partial charge in [-0.25, -0.2) is 9.78 Å². The minimum absolute atomic E-state index is 0.0365. The Morgan fingerprint density at radius 1 is 0.917 bits per heavy atom. The number of carbonyl (C=O) groups excluding carboxylic acids is 1. The number of imidazole rings is 1. The zero-order chi connectivity index (χ0) is 24.9. The smallest absolute Gasteiger partial charge is 0.408 e. The van der Waals surface area contributed by atoms with Gasteiger partial charge in [0.2, 0.25) is 0 Å². The molecule has 0 aliphatic rings. The van der Waals surface area contributed by atoms with Gasteiger partial charge in [-0.1, -0.05) is 66.7 Å². The van der Waals surface area contributed by atoms with Crippen molar-refractivity contribution in [2.75, 3.05) is 0 Å². The quantitative estimate of drug-likeness (QED) is 0.231. The Morgan fingerprint density at radius 2 is 1.58 bits per heavy atom. The van der Waals surface area contributed by atoms with Crippen molar-refractivity contribution in [3.63, 3.8) is 0 Å². The number of fused-ring (bicyclic) bond motifs is 1. The van der Waals surface area contributed by atoms with Crippen molar-refractivity contribution >= 4 is 17.4 Å². The normalized spacial score (nSPS) is 11.7. The lowest BCUT2D eigenvalue weighted by Crippen LogP contribution is -2.31. The maximum atomic E-state index is 13.0. The van der Waals surface area contributed by atoms with E-state index in [1.807, 2.05) is 89.5 Å². The predicted molar refractivity (Wildman–Crippen MR) is 135 cm³/mol. The molecule has 1 atom stereocenters. The molecular weight excluding hydrogens is 456 g/mol. The highest BCUT2D eigenvalue weighted by molar-refractivity contribution is 5.72. The first-order valence-electron chi connectivity index (χ1n) is 11.3. The van der Waals surface area contributed by atoms with Crippen LogP contribution in [0.1, 0.15) is 22.9 Å². The van der Waals surface area contributed by atoms with E-state index in [0.29, 0.717) is 22.6 Å². The number of nitro benzene ring substituents is 1. The third-order valence-electron chi connectivity index (χ3n) is 5.80. The first-order valence-corrected chi connectivity index (χ1v) is 11.3. The standard InChI is InChI=1S/C28H22N4O4/c33-28(36-19-20-9-3-1-4-10-20)30-26(22-14-16-23(17-15-22)32(34)35)27-25(21-11-5-2-6-12-21)29-24-13-7-8-18-31(24)27/h1-18,26H,19H2,(H,30,33). The summed E-state index contributed by atoms with van der Waals surface area (Å²) in [6.07, 6.45) is 1.26. The molecule has 0 aliphatic carbocycles. The minimum Gasteiger partial charge on any atom is -0.445 e. The molecule has 5 rings (SSSR count). The summed E-state index contributed by atoms with van der Waals surface area (Å²) in [4.78, 5) is 28.6. The summed E-state index contributed by atoms with van der Waals surface area (Å²) in [7, 11) is 0. The fourth-order valence-corrected chi connectivity index (χ4v) is 4.08. The van der Waals surface area contributed by atoms with E-state index < -0.39 is 17.1 Å². The number of amides is 1. The number of hydrogen-bond acceptors (Lipinski definition) is 5.